The molecule has 0 aliphatic heterocycles. The molecule has 0 radical (unpaired) electrons. The van der Waals surface area contributed by atoms with Crippen LogP contribution in [-0.4, -0.2) is 28.3 Å². The summed E-state index contributed by atoms with van der Waals surface area (Å²) >= 11 is 1.29. The van der Waals surface area contributed by atoms with Gasteiger partial charge >= 0.3 is 0 Å². The number of hydrogen-bond donors (Lipinski definition) is 1. The van der Waals surface area contributed by atoms with Gasteiger partial charge in [0.25, 0.3) is 5.56 Å². The van der Waals surface area contributed by atoms with Crippen LogP contribution in [0.1, 0.15) is 48.8 Å². The first kappa shape index (κ1) is 26.4. The van der Waals surface area contributed by atoms with Crippen LogP contribution < -0.4 is 15.6 Å². The third-order valence-corrected chi connectivity index (χ3v) is 9.10. The summed E-state index contributed by atoms with van der Waals surface area (Å²) in [6.07, 6.45) is 6.31. The van der Waals surface area contributed by atoms with Crippen LogP contribution in [0.3, 0.4) is 0 Å². The van der Waals surface area contributed by atoms with Gasteiger partial charge in [-0.2, -0.15) is 0 Å². The molecule has 1 spiro atoms. The van der Waals surface area contributed by atoms with E-state index in [1.54, 1.807) is 11.7 Å². The smallest absolute Gasteiger partial charge is 0.263 e. The van der Waals surface area contributed by atoms with E-state index in [0.717, 1.165) is 65.9 Å². The monoisotopic (exact) mass is 551 g/mol. The largest absolute Gasteiger partial charge is 0.497 e. The van der Waals surface area contributed by atoms with Gasteiger partial charge in [0.1, 0.15) is 5.75 Å². The molecular formula is C33H33N3O3S. The lowest BCUT2D eigenvalue weighted by Gasteiger charge is -2.42. The predicted molar refractivity (Wildman–Crippen MR) is 161 cm³/mol. The molecule has 2 aliphatic rings. The highest BCUT2D eigenvalue weighted by atomic mass is 32.2. The van der Waals surface area contributed by atoms with Crippen LogP contribution in [0.25, 0.3) is 16.9 Å². The molecular weight excluding hydrogens is 518 g/mol. The molecule has 1 N–H and O–H groups in total. The minimum atomic E-state index is -0.202. The van der Waals surface area contributed by atoms with E-state index in [0.29, 0.717) is 10.8 Å². The predicted octanol–water partition coefficient (Wildman–Crippen LogP) is 6.71. The standard InChI is InChI=1S/C33H33N3O3S/c1-22-9-8-11-25(19-22)36-31(38)29-30(27-12-5-4-10-23(27)20-33(29)17-6-3-7-18-33)35-32(36)40-21-28(37)34-24-13-15-26(39-2)16-14-24/h4-5,8-16,19H,3,6-7,17-18,20-21H2,1-2H3,(H,34,37). The van der Waals surface area contributed by atoms with Gasteiger partial charge in [0, 0.05) is 16.7 Å². The number of benzene rings is 3. The number of aromatic nitrogens is 2. The second-order valence-electron chi connectivity index (χ2n) is 10.8. The van der Waals surface area contributed by atoms with Gasteiger partial charge in [0.15, 0.2) is 5.16 Å². The Balaban J connectivity index is 1.44. The van der Waals surface area contributed by atoms with Crippen molar-refractivity contribution >= 4 is 23.4 Å². The molecule has 0 unspecified atom stereocenters. The maximum Gasteiger partial charge on any atom is 0.263 e. The summed E-state index contributed by atoms with van der Waals surface area (Å²) in [4.78, 5) is 32.8. The lowest BCUT2D eigenvalue weighted by atomic mass is 9.62. The molecule has 3 aromatic carbocycles. The molecule has 7 heteroatoms. The molecule has 0 saturated heterocycles. The van der Waals surface area contributed by atoms with E-state index in [1.807, 2.05) is 61.5 Å². The van der Waals surface area contributed by atoms with E-state index in [9.17, 15) is 9.59 Å². The molecule has 1 aromatic heterocycles. The summed E-state index contributed by atoms with van der Waals surface area (Å²) in [6, 6.07) is 23.5. The Morgan fingerprint density at radius 2 is 1.80 bits per heavy atom. The van der Waals surface area contributed by atoms with Gasteiger partial charge < -0.3 is 10.1 Å². The van der Waals surface area contributed by atoms with E-state index in [4.69, 9.17) is 9.72 Å². The molecule has 40 heavy (non-hydrogen) atoms. The lowest BCUT2D eigenvalue weighted by Crippen LogP contribution is -2.43. The Morgan fingerprint density at radius 1 is 1.02 bits per heavy atom. The molecule has 1 fully saturated rings. The Bertz CT molecular complexity index is 1620. The average Bonchev–Trinajstić information content (AvgIpc) is 2.97. The van der Waals surface area contributed by atoms with Gasteiger partial charge in [-0.1, -0.05) is 67.4 Å². The van der Waals surface area contributed by atoms with Gasteiger partial charge in [0.05, 0.1) is 29.8 Å². The molecule has 6 nitrogen and oxygen atoms in total. The first-order valence-electron chi connectivity index (χ1n) is 13.9. The number of nitrogens with zero attached hydrogens (tertiary/aromatic N) is 2. The number of methoxy groups -OCH3 is 1. The third kappa shape index (κ3) is 4.94. The molecule has 0 atom stereocenters. The van der Waals surface area contributed by atoms with Gasteiger partial charge in [-0.15, -0.1) is 0 Å². The van der Waals surface area contributed by atoms with E-state index >= 15 is 0 Å². The summed E-state index contributed by atoms with van der Waals surface area (Å²) < 4.78 is 6.95. The van der Waals surface area contributed by atoms with Crippen molar-refractivity contribution in [3.8, 4) is 22.7 Å². The number of rotatable bonds is 6. The van der Waals surface area contributed by atoms with Crippen LogP contribution in [0.5, 0.6) is 5.75 Å². The highest BCUT2D eigenvalue weighted by Gasteiger charge is 2.43. The van der Waals surface area contributed by atoms with Crippen LogP contribution in [-0.2, 0) is 16.6 Å². The van der Waals surface area contributed by atoms with Crippen LogP contribution in [0.4, 0.5) is 5.69 Å². The fourth-order valence-corrected chi connectivity index (χ4v) is 7.09. The average molecular weight is 552 g/mol. The van der Waals surface area contributed by atoms with Crippen LogP contribution in [0.2, 0.25) is 0 Å². The van der Waals surface area contributed by atoms with E-state index in [2.05, 4.69) is 23.5 Å². The minimum absolute atomic E-state index is 0.00920. The van der Waals surface area contributed by atoms with Gasteiger partial charge in [-0.05, 0) is 73.7 Å². The van der Waals surface area contributed by atoms with Gasteiger partial charge in [0.2, 0.25) is 5.91 Å². The van der Waals surface area contributed by atoms with Crippen molar-refractivity contribution in [2.75, 3.05) is 18.2 Å². The van der Waals surface area contributed by atoms with Gasteiger partial charge in [-0.3, -0.25) is 14.2 Å². The Kier molecular flexibility index (Phi) is 7.24. The Hall–Kier alpha value is -3.84. The summed E-state index contributed by atoms with van der Waals surface area (Å²) in [7, 11) is 1.61. The van der Waals surface area contributed by atoms with Crippen molar-refractivity contribution in [2.24, 2.45) is 0 Å². The second-order valence-corrected chi connectivity index (χ2v) is 11.8. The summed E-state index contributed by atoms with van der Waals surface area (Å²) in [5, 5.41) is 3.47. The zero-order valence-electron chi connectivity index (χ0n) is 22.9. The number of carbonyl (C=O) groups excluding carboxylic acids is 1. The molecule has 4 aromatic rings. The number of hydrogen-bond acceptors (Lipinski definition) is 5. The van der Waals surface area contributed by atoms with Crippen molar-refractivity contribution in [2.45, 2.75) is 56.0 Å². The SMILES string of the molecule is COc1ccc(NC(=O)CSc2nc3c(c(=O)n2-c2cccc(C)c2)C2(CCCCC2)Cc2ccccc2-3)cc1. The first-order chi connectivity index (χ1) is 19.5. The molecule has 0 bridgehead atoms. The quantitative estimate of drug-likeness (QED) is 0.213. The highest BCUT2D eigenvalue weighted by Crippen LogP contribution is 2.49. The number of nitrogens with one attached hydrogen (secondary N) is 1. The maximum absolute atomic E-state index is 14.6. The van der Waals surface area contributed by atoms with Gasteiger partial charge in [-0.25, -0.2) is 4.98 Å². The number of anilines is 1. The number of amides is 1. The number of aryl methyl sites for hydroxylation is 1. The zero-order valence-corrected chi connectivity index (χ0v) is 23.7. The number of ether oxygens (including phenoxy) is 1. The zero-order chi connectivity index (χ0) is 27.7. The highest BCUT2D eigenvalue weighted by molar-refractivity contribution is 7.99. The van der Waals surface area contributed by atoms with Crippen molar-refractivity contribution in [1.29, 1.82) is 0 Å². The van der Waals surface area contributed by atoms with E-state index < -0.39 is 0 Å². The number of fused-ring (bicyclic) bond motifs is 4. The fraction of sp³-hybridized carbons (Fsp3) is 0.303. The Morgan fingerprint density at radius 3 is 2.55 bits per heavy atom. The molecule has 2 aliphatic carbocycles. The normalized spacial score (nSPS) is 15.2. The van der Waals surface area contributed by atoms with E-state index in [-0.39, 0.29) is 22.6 Å². The maximum atomic E-state index is 14.6. The topological polar surface area (TPSA) is 73.2 Å². The molecule has 1 saturated carbocycles. The second kappa shape index (κ2) is 11.0. The minimum Gasteiger partial charge on any atom is -0.497 e. The van der Waals surface area contributed by atoms with Crippen LogP contribution in [0.15, 0.2) is 82.7 Å². The number of thioether (sulfide) groups is 1. The van der Waals surface area contributed by atoms with Crippen molar-refractivity contribution in [3.63, 3.8) is 0 Å². The van der Waals surface area contributed by atoms with Crippen molar-refractivity contribution < 1.29 is 9.53 Å². The molecule has 1 heterocycles. The molecule has 6 rings (SSSR count). The summed E-state index contributed by atoms with van der Waals surface area (Å²) in [5.41, 5.74) is 6.24. The summed E-state index contributed by atoms with van der Waals surface area (Å²) in [5.74, 6) is 0.682. The van der Waals surface area contributed by atoms with Crippen LogP contribution in [0, 0.1) is 6.92 Å². The first-order valence-corrected chi connectivity index (χ1v) is 14.9. The van der Waals surface area contributed by atoms with Crippen molar-refractivity contribution in [1.82, 2.24) is 9.55 Å². The van der Waals surface area contributed by atoms with Crippen LogP contribution >= 0.6 is 11.8 Å². The van der Waals surface area contributed by atoms with E-state index in [1.165, 1.54) is 23.7 Å². The third-order valence-electron chi connectivity index (χ3n) is 8.16. The Labute approximate surface area is 238 Å². The summed E-state index contributed by atoms with van der Waals surface area (Å²) in [6.45, 7) is 2.02. The lowest BCUT2D eigenvalue weighted by molar-refractivity contribution is -0.113. The van der Waals surface area contributed by atoms with Crippen molar-refractivity contribution in [3.05, 3.63) is 99.8 Å². The number of carbonyl (C=O) groups is 1. The molecule has 204 valence electrons. The fourth-order valence-electron chi connectivity index (χ4n) is 6.28. The molecule has 1 amide bonds.